The van der Waals surface area contributed by atoms with Gasteiger partial charge in [0.15, 0.2) is 5.96 Å². The van der Waals surface area contributed by atoms with Crippen molar-refractivity contribution in [2.75, 3.05) is 77.5 Å². The van der Waals surface area contributed by atoms with Crippen LogP contribution in [0.4, 0.5) is 5.69 Å². The predicted molar refractivity (Wildman–Crippen MR) is 146 cm³/mol. The summed E-state index contributed by atoms with van der Waals surface area (Å²) in [6.07, 6.45) is 3.47. The fraction of sp³-hybridized carbons (Fsp3) is 0.708. The van der Waals surface area contributed by atoms with Gasteiger partial charge in [-0.2, -0.15) is 0 Å². The minimum Gasteiger partial charge on any atom is -0.495 e. The summed E-state index contributed by atoms with van der Waals surface area (Å²) in [6.45, 7) is 15.4. The van der Waals surface area contributed by atoms with Crippen LogP contribution in [-0.2, 0) is 0 Å². The number of piperazine rings is 1. The Bertz CT molecular complexity index is 680. The Hall–Kier alpha value is -1.26. The van der Waals surface area contributed by atoms with Crippen LogP contribution in [0.5, 0.6) is 5.75 Å². The molecule has 1 atom stereocenters. The van der Waals surface area contributed by atoms with Gasteiger partial charge in [-0.3, -0.25) is 4.99 Å². The first-order valence-corrected chi connectivity index (χ1v) is 12.1. The van der Waals surface area contributed by atoms with Crippen molar-refractivity contribution in [1.82, 2.24) is 20.4 Å². The third-order valence-electron chi connectivity index (χ3n) is 6.36. The molecule has 3 rings (SSSR count). The van der Waals surface area contributed by atoms with E-state index < -0.39 is 0 Å². The van der Waals surface area contributed by atoms with Gasteiger partial charge >= 0.3 is 0 Å². The van der Waals surface area contributed by atoms with Crippen molar-refractivity contribution in [3.8, 4) is 5.75 Å². The van der Waals surface area contributed by atoms with Crippen LogP contribution in [0.3, 0.4) is 0 Å². The van der Waals surface area contributed by atoms with E-state index in [-0.39, 0.29) is 24.0 Å². The van der Waals surface area contributed by atoms with Crippen LogP contribution in [-0.4, -0.2) is 94.4 Å². The maximum absolute atomic E-state index is 5.54. The van der Waals surface area contributed by atoms with E-state index in [9.17, 15) is 0 Å². The highest BCUT2D eigenvalue weighted by Gasteiger charge is 2.25. The van der Waals surface area contributed by atoms with Gasteiger partial charge < -0.3 is 30.1 Å². The van der Waals surface area contributed by atoms with Crippen LogP contribution in [0.1, 0.15) is 33.1 Å². The maximum Gasteiger partial charge on any atom is 0.191 e. The lowest BCUT2D eigenvalue weighted by atomic mass is 10.2. The third-order valence-corrected chi connectivity index (χ3v) is 6.36. The smallest absolute Gasteiger partial charge is 0.191 e. The standard InChI is InChI=1S/C24H42N6O.HI/c1-4-25-24(26-13-8-9-14-29-18-16-28(5-2)17-19-29)27-21-12-15-30(20-21)22-10-6-7-11-23(22)31-3;/h6-7,10-11,21H,4-5,8-9,12-20H2,1-3H3,(H2,25,26,27);1H. The summed E-state index contributed by atoms with van der Waals surface area (Å²) in [5, 5.41) is 7.06. The van der Waals surface area contributed by atoms with Gasteiger partial charge in [0.2, 0.25) is 0 Å². The number of hydrogen-bond donors (Lipinski definition) is 2. The highest BCUT2D eigenvalue weighted by molar-refractivity contribution is 14.0. The van der Waals surface area contributed by atoms with E-state index in [0.29, 0.717) is 6.04 Å². The number of rotatable bonds is 10. The highest BCUT2D eigenvalue weighted by Crippen LogP contribution is 2.30. The average molecular weight is 559 g/mol. The SMILES string of the molecule is CCNC(=NCCCCN1CCN(CC)CC1)NC1CCN(c2ccccc2OC)C1.I. The van der Waals surface area contributed by atoms with Gasteiger partial charge in [0.05, 0.1) is 12.8 Å². The van der Waals surface area contributed by atoms with E-state index in [1.165, 1.54) is 51.4 Å². The maximum atomic E-state index is 5.54. The fourth-order valence-corrected chi connectivity index (χ4v) is 4.47. The number of para-hydroxylation sites is 2. The second-order valence-corrected chi connectivity index (χ2v) is 8.49. The van der Waals surface area contributed by atoms with E-state index in [4.69, 9.17) is 9.73 Å². The Labute approximate surface area is 212 Å². The predicted octanol–water partition coefficient (Wildman–Crippen LogP) is 2.86. The molecular formula is C24H43IN6O. The highest BCUT2D eigenvalue weighted by atomic mass is 127. The largest absolute Gasteiger partial charge is 0.495 e. The van der Waals surface area contributed by atoms with Crippen molar-refractivity contribution in [2.24, 2.45) is 4.99 Å². The number of unbranched alkanes of at least 4 members (excludes halogenated alkanes) is 1. The molecule has 8 heteroatoms. The molecule has 2 fully saturated rings. The van der Waals surface area contributed by atoms with Gasteiger partial charge in [-0.05, 0) is 51.4 Å². The molecule has 1 aromatic carbocycles. The number of halogens is 1. The molecule has 2 aliphatic heterocycles. The number of aliphatic imine (C=N–C) groups is 1. The Morgan fingerprint density at radius 3 is 2.53 bits per heavy atom. The Morgan fingerprint density at radius 2 is 1.81 bits per heavy atom. The fourth-order valence-electron chi connectivity index (χ4n) is 4.47. The molecule has 2 aliphatic rings. The first-order valence-electron chi connectivity index (χ1n) is 12.1. The zero-order chi connectivity index (χ0) is 21.9. The van der Waals surface area contributed by atoms with E-state index in [0.717, 1.165) is 50.7 Å². The number of ether oxygens (including phenoxy) is 1. The molecule has 2 heterocycles. The van der Waals surface area contributed by atoms with Gasteiger partial charge in [-0.15, -0.1) is 24.0 Å². The van der Waals surface area contributed by atoms with Crippen molar-refractivity contribution < 1.29 is 4.74 Å². The molecular weight excluding hydrogens is 515 g/mol. The van der Waals surface area contributed by atoms with E-state index in [2.05, 4.69) is 51.3 Å². The summed E-state index contributed by atoms with van der Waals surface area (Å²) in [5.41, 5.74) is 1.18. The summed E-state index contributed by atoms with van der Waals surface area (Å²) in [5.74, 6) is 1.89. The lowest BCUT2D eigenvalue weighted by molar-refractivity contribution is 0.136. The van der Waals surface area contributed by atoms with Gasteiger partial charge in [-0.25, -0.2) is 0 Å². The second-order valence-electron chi connectivity index (χ2n) is 8.49. The Balaban J connectivity index is 0.00000363. The molecule has 0 radical (unpaired) electrons. The second kappa shape index (κ2) is 14.8. The summed E-state index contributed by atoms with van der Waals surface area (Å²) < 4.78 is 5.54. The number of methoxy groups -OCH3 is 1. The molecule has 0 amide bonds. The first kappa shape index (κ1) is 27.0. The molecule has 0 spiro atoms. The zero-order valence-corrected chi connectivity index (χ0v) is 22.5. The molecule has 1 unspecified atom stereocenters. The topological polar surface area (TPSA) is 55.4 Å². The molecule has 2 N–H and O–H groups in total. The minimum atomic E-state index is 0. The van der Waals surface area contributed by atoms with Crippen LogP contribution in [0.15, 0.2) is 29.3 Å². The number of nitrogens with one attached hydrogen (secondary N) is 2. The van der Waals surface area contributed by atoms with Crippen LogP contribution >= 0.6 is 24.0 Å². The van der Waals surface area contributed by atoms with Crippen molar-refractivity contribution in [3.63, 3.8) is 0 Å². The van der Waals surface area contributed by atoms with Gasteiger partial charge in [-0.1, -0.05) is 19.1 Å². The molecule has 0 saturated carbocycles. The zero-order valence-electron chi connectivity index (χ0n) is 20.2. The quantitative estimate of drug-likeness (QED) is 0.200. The molecule has 2 saturated heterocycles. The number of hydrogen-bond acceptors (Lipinski definition) is 5. The van der Waals surface area contributed by atoms with Crippen LogP contribution in [0.2, 0.25) is 0 Å². The normalized spacial score (nSPS) is 20.2. The van der Waals surface area contributed by atoms with Crippen LogP contribution < -0.4 is 20.3 Å². The molecule has 7 nitrogen and oxygen atoms in total. The van der Waals surface area contributed by atoms with Crippen LogP contribution in [0.25, 0.3) is 0 Å². The molecule has 0 aromatic heterocycles. The van der Waals surface area contributed by atoms with Crippen molar-refractivity contribution >= 4 is 35.6 Å². The summed E-state index contributed by atoms with van der Waals surface area (Å²) in [7, 11) is 1.74. The average Bonchev–Trinajstić information content (AvgIpc) is 3.27. The monoisotopic (exact) mass is 558 g/mol. The summed E-state index contributed by atoms with van der Waals surface area (Å²) in [4.78, 5) is 12.4. The summed E-state index contributed by atoms with van der Waals surface area (Å²) in [6, 6.07) is 8.68. The van der Waals surface area contributed by atoms with Gasteiger partial charge in [0.1, 0.15) is 5.75 Å². The van der Waals surface area contributed by atoms with E-state index in [1.54, 1.807) is 7.11 Å². The van der Waals surface area contributed by atoms with Crippen molar-refractivity contribution in [2.45, 2.75) is 39.2 Å². The Kier molecular flexibility index (Phi) is 12.5. The van der Waals surface area contributed by atoms with Gasteiger partial charge in [0, 0.05) is 58.4 Å². The number of benzene rings is 1. The van der Waals surface area contributed by atoms with Gasteiger partial charge in [0.25, 0.3) is 0 Å². The van der Waals surface area contributed by atoms with Crippen LogP contribution in [0, 0.1) is 0 Å². The molecule has 0 aliphatic carbocycles. The molecule has 32 heavy (non-hydrogen) atoms. The lowest BCUT2D eigenvalue weighted by Crippen LogP contribution is -2.46. The minimum absolute atomic E-state index is 0. The molecule has 0 bridgehead atoms. The third kappa shape index (κ3) is 8.26. The van der Waals surface area contributed by atoms with E-state index >= 15 is 0 Å². The lowest BCUT2D eigenvalue weighted by Gasteiger charge is -2.33. The number of guanidine groups is 1. The Morgan fingerprint density at radius 1 is 1.06 bits per heavy atom. The molecule has 1 aromatic rings. The summed E-state index contributed by atoms with van der Waals surface area (Å²) >= 11 is 0. The number of likely N-dealkylation sites (N-methyl/N-ethyl adjacent to an activating group) is 1. The van der Waals surface area contributed by atoms with Crippen molar-refractivity contribution in [1.29, 1.82) is 0 Å². The van der Waals surface area contributed by atoms with Crippen molar-refractivity contribution in [3.05, 3.63) is 24.3 Å². The van der Waals surface area contributed by atoms with E-state index in [1.807, 2.05) is 12.1 Å². The molecule has 182 valence electrons. The number of anilines is 1. The first-order chi connectivity index (χ1) is 15.2. The number of nitrogens with zero attached hydrogens (tertiary/aromatic N) is 4.